The molecule has 3 heterocycles. The van der Waals surface area contributed by atoms with E-state index in [1.165, 1.54) is 6.26 Å². The summed E-state index contributed by atoms with van der Waals surface area (Å²) in [5, 5.41) is 0. The fourth-order valence-electron chi connectivity index (χ4n) is 3.45. The van der Waals surface area contributed by atoms with Crippen molar-refractivity contribution in [2.24, 2.45) is 0 Å². The maximum Gasteiger partial charge on any atom is 0.410 e. The van der Waals surface area contributed by atoms with Crippen LogP contribution < -0.4 is 9.64 Å². The minimum atomic E-state index is -3.22. The topological polar surface area (TPSA) is 111 Å². The average Bonchev–Trinajstić information content (AvgIpc) is 2.75. The van der Waals surface area contributed by atoms with Gasteiger partial charge in [-0.2, -0.15) is 0 Å². The van der Waals surface area contributed by atoms with Crippen molar-refractivity contribution in [3.8, 4) is 5.75 Å². The monoisotopic (exact) mass is 462 g/mol. The van der Waals surface area contributed by atoms with E-state index in [2.05, 4.69) is 9.97 Å². The summed E-state index contributed by atoms with van der Waals surface area (Å²) in [5.41, 5.74) is 0.839. The van der Waals surface area contributed by atoms with Crippen LogP contribution >= 0.6 is 0 Å². The molecule has 1 amide bonds. The van der Waals surface area contributed by atoms with Gasteiger partial charge in [-0.3, -0.25) is 0 Å². The van der Waals surface area contributed by atoms with Crippen LogP contribution in [-0.4, -0.2) is 80.6 Å². The Morgan fingerprint density at radius 2 is 1.84 bits per heavy atom. The predicted molar refractivity (Wildman–Crippen MR) is 115 cm³/mol. The van der Waals surface area contributed by atoms with Crippen LogP contribution in [0.4, 0.5) is 10.7 Å². The highest BCUT2D eigenvalue weighted by Gasteiger charge is 2.31. The van der Waals surface area contributed by atoms with Crippen LogP contribution in [0.1, 0.15) is 12.5 Å². The van der Waals surface area contributed by atoms with E-state index >= 15 is 0 Å². The average molecular weight is 463 g/mol. The summed E-state index contributed by atoms with van der Waals surface area (Å²) < 4.78 is 39.2. The summed E-state index contributed by atoms with van der Waals surface area (Å²) in [7, 11) is -3.22. The van der Waals surface area contributed by atoms with Gasteiger partial charge in [0.1, 0.15) is 6.61 Å². The van der Waals surface area contributed by atoms with Crippen molar-refractivity contribution in [3.05, 3.63) is 42.2 Å². The van der Waals surface area contributed by atoms with E-state index in [1.807, 2.05) is 11.8 Å². The van der Waals surface area contributed by atoms with Gasteiger partial charge >= 0.3 is 6.09 Å². The van der Waals surface area contributed by atoms with E-state index in [9.17, 15) is 13.2 Å². The van der Waals surface area contributed by atoms with Crippen molar-refractivity contribution in [2.75, 3.05) is 44.0 Å². The van der Waals surface area contributed by atoms with Crippen LogP contribution in [0.5, 0.6) is 5.75 Å². The van der Waals surface area contributed by atoms with E-state index in [0.29, 0.717) is 44.5 Å². The molecule has 2 aliphatic heterocycles. The number of nitrogens with zero attached hydrogens (tertiary/aromatic N) is 4. The zero-order chi connectivity index (χ0) is 22.7. The number of rotatable bonds is 6. The van der Waals surface area contributed by atoms with Gasteiger partial charge in [0.2, 0.25) is 5.95 Å². The van der Waals surface area contributed by atoms with Crippen molar-refractivity contribution in [1.82, 2.24) is 14.9 Å². The molecule has 1 unspecified atom stereocenters. The fourth-order valence-corrected chi connectivity index (χ4v) is 4.08. The Morgan fingerprint density at radius 3 is 2.41 bits per heavy atom. The van der Waals surface area contributed by atoms with Gasteiger partial charge in [0.05, 0.1) is 30.5 Å². The molecule has 2 saturated heterocycles. The molecule has 2 fully saturated rings. The Morgan fingerprint density at radius 1 is 1.16 bits per heavy atom. The number of carbonyl (C=O) groups is 1. The molecular formula is C21H26N4O6S. The second-order valence-corrected chi connectivity index (χ2v) is 9.97. The molecule has 32 heavy (non-hydrogen) atoms. The minimum Gasteiger partial charge on any atom is -0.486 e. The summed E-state index contributed by atoms with van der Waals surface area (Å²) in [6, 6.07) is 6.59. The van der Waals surface area contributed by atoms with Crippen molar-refractivity contribution in [2.45, 2.75) is 30.6 Å². The fraction of sp³-hybridized carbons (Fsp3) is 0.476. The minimum absolute atomic E-state index is 0.0362. The lowest BCUT2D eigenvalue weighted by atomic mass is 10.2. The molecule has 0 N–H and O–H groups in total. The Hall–Kier alpha value is -2.92. The van der Waals surface area contributed by atoms with Gasteiger partial charge < -0.3 is 24.0 Å². The van der Waals surface area contributed by atoms with Crippen LogP contribution in [0.15, 0.2) is 41.6 Å². The normalized spacial score (nSPS) is 19.4. The molecule has 0 saturated carbocycles. The van der Waals surface area contributed by atoms with E-state index in [0.717, 1.165) is 5.56 Å². The van der Waals surface area contributed by atoms with Crippen LogP contribution in [0.25, 0.3) is 0 Å². The number of aromatic nitrogens is 2. The number of hydrogen-bond donors (Lipinski definition) is 0. The first-order chi connectivity index (χ1) is 15.3. The van der Waals surface area contributed by atoms with Gasteiger partial charge in [0.15, 0.2) is 21.7 Å². The van der Waals surface area contributed by atoms with Crippen LogP contribution in [-0.2, 0) is 25.9 Å². The Labute approximate surface area is 187 Å². The number of anilines is 1. The highest BCUT2D eigenvalue weighted by Crippen LogP contribution is 2.20. The van der Waals surface area contributed by atoms with Gasteiger partial charge in [0.25, 0.3) is 0 Å². The number of sulfone groups is 1. The molecule has 4 rings (SSSR count). The lowest BCUT2D eigenvalue weighted by Gasteiger charge is -2.40. The van der Waals surface area contributed by atoms with Crippen molar-refractivity contribution >= 4 is 21.9 Å². The summed E-state index contributed by atoms with van der Waals surface area (Å²) in [4.78, 5) is 25.1. The molecule has 172 valence electrons. The first kappa shape index (κ1) is 22.3. The van der Waals surface area contributed by atoms with Gasteiger partial charge in [-0.15, -0.1) is 0 Å². The number of hydrogen-bond acceptors (Lipinski definition) is 9. The molecule has 1 atom stereocenters. The first-order valence-corrected chi connectivity index (χ1v) is 12.2. The first-order valence-electron chi connectivity index (χ1n) is 10.3. The molecule has 2 aliphatic rings. The summed E-state index contributed by atoms with van der Waals surface area (Å²) in [6.07, 6.45) is 3.95. The van der Waals surface area contributed by atoms with Crippen molar-refractivity contribution < 1.29 is 27.4 Å². The highest BCUT2D eigenvalue weighted by atomic mass is 32.2. The second-order valence-electron chi connectivity index (χ2n) is 7.96. The smallest absolute Gasteiger partial charge is 0.410 e. The number of ether oxygens (including phenoxy) is 3. The molecule has 1 aromatic carbocycles. The van der Waals surface area contributed by atoms with E-state index < -0.39 is 9.84 Å². The molecule has 0 spiro atoms. The van der Waals surface area contributed by atoms with Crippen LogP contribution in [0.3, 0.4) is 0 Å². The highest BCUT2D eigenvalue weighted by molar-refractivity contribution is 7.90. The zero-order valence-electron chi connectivity index (χ0n) is 18.0. The number of carbonyl (C=O) groups excluding carboxylic acids is 1. The molecule has 2 aromatic rings. The lowest BCUT2D eigenvalue weighted by molar-refractivity contribution is -0.105. The summed E-state index contributed by atoms with van der Waals surface area (Å²) in [6.45, 7) is 4.88. The van der Waals surface area contributed by atoms with Crippen molar-refractivity contribution in [3.63, 3.8) is 0 Å². The third-order valence-electron chi connectivity index (χ3n) is 5.39. The summed E-state index contributed by atoms with van der Waals surface area (Å²) in [5.74, 6) is 1.08. The predicted octanol–water partition coefficient (Wildman–Crippen LogP) is 1.50. The maximum absolute atomic E-state index is 12.2. The number of amides is 1. The zero-order valence-corrected chi connectivity index (χ0v) is 18.8. The lowest BCUT2D eigenvalue weighted by Crippen LogP contribution is -2.55. The standard InChI is InChI=1S/C21H26N4O6S/c1-15-11-24(21(26)31-18-13-29-14-18)7-8-25(15)20-22-9-17(10-23-20)30-12-16-3-5-19(6-4-16)32(2,27)28/h3-6,9-10,15,18H,7-8,11-14H2,1-2H3. The van der Waals surface area contributed by atoms with E-state index in [4.69, 9.17) is 14.2 Å². The molecule has 0 aliphatic carbocycles. The number of piperazine rings is 1. The quantitative estimate of drug-likeness (QED) is 0.630. The maximum atomic E-state index is 12.2. The van der Waals surface area contributed by atoms with Gasteiger partial charge in [0, 0.05) is 31.9 Å². The van der Waals surface area contributed by atoms with E-state index in [1.54, 1.807) is 41.6 Å². The molecule has 10 nitrogen and oxygen atoms in total. The molecule has 0 bridgehead atoms. The van der Waals surface area contributed by atoms with Gasteiger partial charge in [-0.1, -0.05) is 12.1 Å². The molecular weight excluding hydrogens is 436 g/mol. The SMILES string of the molecule is CC1CN(C(=O)OC2COC2)CCN1c1ncc(OCc2ccc(S(C)(=O)=O)cc2)cn1. The number of benzene rings is 1. The Balaban J connectivity index is 1.29. The summed E-state index contributed by atoms with van der Waals surface area (Å²) >= 11 is 0. The van der Waals surface area contributed by atoms with Crippen LogP contribution in [0.2, 0.25) is 0 Å². The van der Waals surface area contributed by atoms with E-state index in [-0.39, 0.29) is 29.7 Å². The molecule has 11 heteroatoms. The third kappa shape index (κ3) is 5.28. The molecule has 0 radical (unpaired) electrons. The van der Waals surface area contributed by atoms with Crippen LogP contribution in [0, 0.1) is 0 Å². The van der Waals surface area contributed by atoms with Gasteiger partial charge in [-0.05, 0) is 24.6 Å². The third-order valence-corrected chi connectivity index (χ3v) is 6.52. The Bertz CT molecular complexity index is 1040. The van der Waals surface area contributed by atoms with Gasteiger partial charge in [-0.25, -0.2) is 23.2 Å². The Kier molecular flexibility index (Phi) is 6.47. The molecule has 1 aromatic heterocycles. The second kappa shape index (κ2) is 9.29. The van der Waals surface area contributed by atoms with Crippen molar-refractivity contribution in [1.29, 1.82) is 0 Å². The largest absolute Gasteiger partial charge is 0.486 e.